The number of hydrogen-bond donors (Lipinski definition) is 6. The van der Waals surface area contributed by atoms with Crippen LogP contribution in [0.1, 0.15) is 82.1 Å². The second-order valence-electron chi connectivity index (χ2n) is 14.9. The van der Waals surface area contributed by atoms with E-state index in [2.05, 4.69) is 21.3 Å². The normalized spacial score (nSPS) is 17.4. The number of carbonyl (C=O) groups is 6. The van der Waals surface area contributed by atoms with Gasteiger partial charge in [-0.2, -0.15) is 0 Å². The molecule has 17 nitrogen and oxygen atoms in total. The molecule has 6 N–H and O–H groups in total. The number of cyclic esters (lactones) is 1. The lowest BCUT2D eigenvalue weighted by atomic mass is 9.86. The van der Waals surface area contributed by atoms with E-state index < -0.39 is 47.3 Å². The first-order valence-corrected chi connectivity index (χ1v) is 20.4. The summed E-state index contributed by atoms with van der Waals surface area (Å²) in [5, 5.41) is 31.8. The number of aliphatic carboxylic acids is 1. The molecule has 2 aromatic heterocycles. The molecule has 0 fully saturated rings. The van der Waals surface area contributed by atoms with Crippen LogP contribution in [0.2, 0.25) is 0 Å². The number of aromatic nitrogens is 2. The zero-order valence-electron chi connectivity index (χ0n) is 32.8. The molecule has 310 valence electrons. The van der Waals surface area contributed by atoms with Gasteiger partial charge in [0, 0.05) is 46.5 Å². The summed E-state index contributed by atoms with van der Waals surface area (Å²) in [6.07, 6.45) is 0.920. The van der Waals surface area contributed by atoms with Gasteiger partial charge in [-0.3, -0.25) is 28.8 Å². The SMILES string of the molecule is CC[C@@]1(O)C(=O)OCc2c1cc1n(c2=O)Cc2c-1nc1ccc(NC(=O)C(C)NC(=O)C(NC(=O)CCCC(=O)NCCOCCC(=O)O)C(C)C)c3c1c2CCS3. The van der Waals surface area contributed by atoms with E-state index >= 15 is 0 Å². The average molecular weight is 821 g/mol. The van der Waals surface area contributed by atoms with Crippen LogP contribution < -0.4 is 26.8 Å². The minimum Gasteiger partial charge on any atom is -0.481 e. The van der Waals surface area contributed by atoms with Gasteiger partial charge in [-0.05, 0) is 55.9 Å². The molecule has 3 aromatic rings. The van der Waals surface area contributed by atoms with Gasteiger partial charge in [0.15, 0.2) is 5.60 Å². The number of hydrogen-bond acceptors (Lipinski definition) is 12. The maximum atomic E-state index is 13.7. The van der Waals surface area contributed by atoms with E-state index in [1.54, 1.807) is 62.2 Å². The molecule has 4 amide bonds. The quantitative estimate of drug-likeness (QED) is 0.0661. The second-order valence-corrected chi connectivity index (χ2v) is 16.0. The third kappa shape index (κ3) is 8.59. The highest BCUT2D eigenvalue weighted by molar-refractivity contribution is 7.99. The van der Waals surface area contributed by atoms with Gasteiger partial charge in [0.25, 0.3) is 5.56 Å². The summed E-state index contributed by atoms with van der Waals surface area (Å²) in [5.41, 5.74) is 2.43. The minimum atomic E-state index is -1.93. The fourth-order valence-corrected chi connectivity index (χ4v) is 8.58. The molecular weight excluding hydrogens is 773 g/mol. The topological polar surface area (TPSA) is 244 Å². The Morgan fingerprint density at radius 3 is 2.48 bits per heavy atom. The molecule has 0 radical (unpaired) electrons. The van der Waals surface area contributed by atoms with Crippen molar-refractivity contribution in [1.29, 1.82) is 0 Å². The first kappa shape index (κ1) is 42.3. The zero-order valence-corrected chi connectivity index (χ0v) is 33.6. The molecule has 1 aromatic carbocycles. The summed E-state index contributed by atoms with van der Waals surface area (Å²) >= 11 is 1.57. The fraction of sp³-hybridized carbons (Fsp3) is 0.500. The molecule has 5 heterocycles. The molecule has 3 aliphatic rings. The Labute approximate surface area is 338 Å². The number of nitrogens with one attached hydrogen (secondary N) is 4. The molecule has 6 rings (SSSR count). The Morgan fingerprint density at radius 1 is 1.00 bits per heavy atom. The molecule has 0 saturated heterocycles. The molecule has 0 bridgehead atoms. The Kier molecular flexibility index (Phi) is 12.9. The molecule has 58 heavy (non-hydrogen) atoms. The number of rotatable bonds is 17. The van der Waals surface area contributed by atoms with Crippen molar-refractivity contribution in [2.24, 2.45) is 5.92 Å². The highest BCUT2D eigenvalue weighted by Crippen LogP contribution is 2.46. The number of pyridine rings is 2. The molecule has 0 saturated carbocycles. The van der Waals surface area contributed by atoms with E-state index in [0.717, 1.165) is 21.4 Å². The monoisotopic (exact) mass is 820 g/mol. The van der Waals surface area contributed by atoms with Gasteiger partial charge < -0.3 is 45.5 Å². The van der Waals surface area contributed by atoms with Crippen molar-refractivity contribution < 1.29 is 48.5 Å². The zero-order chi connectivity index (χ0) is 41.9. The third-order valence-corrected chi connectivity index (χ3v) is 11.8. The molecule has 0 spiro atoms. The van der Waals surface area contributed by atoms with Gasteiger partial charge in [-0.15, -0.1) is 11.8 Å². The van der Waals surface area contributed by atoms with Crippen molar-refractivity contribution in [1.82, 2.24) is 25.5 Å². The number of anilines is 1. The van der Waals surface area contributed by atoms with Crippen LogP contribution in [-0.4, -0.2) is 92.9 Å². The number of aliphatic hydroxyl groups is 1. The van der Waals surface area contributed by atoms with Crippen LogP contribution in [0.15, 0.2) is 27.9 Å². The number of carbonyl (C=O) groups excluding carboxylic acids is 5. The summed E-state index contributed by atoms with van der Waals surface area (Å²) in [6.45, 7) is 7.21. The largest absolute Gasteiger partial charge is 0.481 e. The second kappa shape index (κ2) is 17.7. The number of nitrogens with zero attached hydrogens (tertiary/aromatic N) is 2. The smallest absolute Gasteiger partial charge is 0.343 e. The minimum absolute atomic E-state index is 0.000612. The summed E-state index contributed by atoms with van der Waals surface area (Å²) < 4.78 is 11.9. The highest BCUT2D eigenvalue weighted by atomic mass is 32.2. The first-order valence-electron chi connectivity index (χ1n) is 19.4. The number of fused-ring (bicyclic) bond motifs is 5. The van der Waals surface area contributed by atoms with E-state index in [4.69, 9.17) is 19.6 Å². The number of benzene rings is 1. The summed E-state index contributed by atoms with van der Waals surface area (Å²) in [6, 6.07) is 3.33. The number of carboxylic acids is 1. The number of carboxylic acid groups (broad SMARTS) is 1. The predicted octanol–water partition coefficient (Wildman–Crippen LogP) is 2.09. The lowest BCUT2D eigenvalue weighted by Crippen LogP contribution is -2.53. The predicted molar refractivity (Wildman–Crippen MR) is 212 cm³/mol. The Morgan fingerprint density at radius 2 is 1.76 bits per heavy atom. The van der Waals surface area contributed by atoms with Crippen LogP contribution in [0.4, 0.5) is 5.69 Å². The Hall–Kier alpha value is -5.33. The van der Waals surface area contributed by atoms with Crippen LogP contribution in [0.25, 0.3) is 22.3 Å². The highest BCUT2D eigenvalue weighted by Gasteiger charge is 2.45. The average Bonchev–Trinajstić information content (AvgIpc) is 3.56. The van der Waals surface area contributed by atoms with Gasteiger partial charge in [-0.25, -0.2) is 9.78 Å². The maximum Gasteiger partial charge on any atom is 0.343 e. The van der Waals surface area contributed by atoms with Crippen molar-refractivity contribution in [2.45, 2.75) is 102 Å². The summed E-state index contributed by atoms with van der Waals surface area (Å²) in [7, 11) is 0. The van der Waals surface area contributed by atoms with Gasteiger partial charge in [0.2, 0.25) is 23.6 Å². The van der Waals surface area contributed by atoms with E-state index in [9.17, 15) is 38.7 Å². The van der Waals surface area contributed by atoms with Gasteiger partial charge in [0.05, 0.1) is 54.3 Å². The van der Waals surface area contributed by atoms with E-state index in [0.29, 0.717) is 34.8 Å². The summed E-state index contributed by atoms with van der Waals surface area (Å²) in [5.74, 6) is -3.07. The number of amides is 4. The molecule has 0 aliphatic carbocycles. The lowest BCUT2D eigenvalue weighted by Gasteiger charge is -2.31. The van der Waals surface area contributed by atoms with E-state index in [1.807, 2.05) is 0 Å². The van der Waals surface area contributed by atoms with E-state index in [-0.39, 0.29) is 93.5 Å². The van der Waals surface area contributed by atoms with Crippen molar-refractivity contribution in [3.8, 4) is 11.4 Å². The van der Waals surface area contributed by atoms with Crippen LogP contribution in [0, 0.1) is 5.92 Å². The number of thioether (sulfide) groups is 1. The Balaban J connectivity index is 1.09. The van der Waals surface area contributed by atoms with Crippen LogP contribution in [0.3, 0.4) is 0 Å². The van der Waals surface area contributed by atoms with Crippen molar-refractivity contribution in [2.75, 3.05) is 30.8 Å². The molecular formula is C40H48N6O11S. The molecule has 3 atom stereocenters. The van der Waals surface area contributed by atoms with Gasteiger partial charge in [-0.1, -0.05) is 20.8 Å². The van der Waals surface area contributed by atoms with Gasteiger partial charge >= 0.3 is 11.9 Å². The Bertz CT molecular complexity index is 2240. The van der Waals surface area contributed by atoms with Gasteiger partial charge in [0.1, 0.15) is 18.7 Å². The van der Waals surface area contributed by atoms with Crippen LogP contribution in [0.5, 0.6) is 0 Å². The third-order valence-electron chi connectivity index (χ3n) is 10.6. The standard InChI is InChI=1S/C40H48N6O11S/c1-5-40(55)25-17-28-34-23(18-46(28)38(53)24(25)19-57-39(40)54)22-12-16-58-35-27(10-9-26(43-34)32(22)35)44-36(51)21(4)42-37(52)33(20(2)3)45-30(48)8-6-7-29(47)41-13-15-56-14-11-31(49)50/h9-10,17,20-21,33,55H,5-8,11-16,18-19H2,1-4H3,(H,41,47)(H,42,52)(H,44,51)(H,45,48)(H,49,50)/t21?,33?,40-/m0/s1. The summed E-state index contributed by atoms with van der Waals surface area (Å²) in [4.78, 5) is 94.3. The number of esters is 1. The molecule has 18 heteroatoms. The molecule has 3 aliphatic heterocycles. The number of ether oxygens (including phenoxy) is 2. The number of aryl methyl sites for hydroxylation is 1. The lowest BCUT2D eigenvalue weighted by molar-refractivity contribution is -0.172. The first-order chi connectivity index (χ1) is 27.6. The van der Waals surface area contributed by atoms with Crippen LogP contribution in [-0.2, 0) is 63.4 Å². The van der Waals surface area contributed by atoms with Crippen molar-refractivity contribution in [3.05, 3.63) is 50.8 Å². The van der Waals surface area contributed by atoms with Crippen molar-refractivity contribution in [3.63, 3.8) is 0 Å². The van der Waals surface area contributed by atoms with E-state index in [1.165, 1.54) is 0 Å². The van der Waals surface area contributed by atoms with Crippen molar-refractivity contribution >= 4 is 63.9 Å². The fourth-order valence-electron chi connectivity index (χ4n) is 7.42. The molecule has 2 unspecified atom stereocenters. The maximum absolute atomic E-state index is 13.7. The van der Waals surface area contributed by atoms with Crippen LogP contribution >= 0.6 is 11.8 Å².